The van der Waals surface area contributed by atoms with Gasteiger partial charge in [-0.1, -0.05) is 23.4 Å². The monoisotopic (exact) mass is 376 g/mol. The molecule has 132 valence electrons. The van der Waals surface area contributed by atoms with Crippen molar-refractivity contribution in [3.05, 3.63) is 41.4 Å². The topological polar surface area (TPSA) is 32.8 Å². The predicted molar refractivity (Wildman–Crippen MR) is 104 cm³/mol. The van der Waals surface area contributed by atoms with Crippen LogP contribution in [0, 0.1) is 0 Å². The fourth-order valence-electron chi connectivity index (χ4n) is 2.85. The number of nitrogens with zero attached hydrogens (tertiary/aromatic N) is 2. The zero-order valence-corrected chi connectivity index (χ0v) is 16.2. The third-order valence-corrected chi connectivity index (χ3v) is 5.25. The zero-order valence-electron chi connectivity index (χ0n) is 14.6. The molecule has 1 heterocycles. The van der Waals surface area contributed by atoms with Crippen LogP contribution in [0.1, 0.15) is 13.3 Å². The smallest absolute Gasteiger partial charge is 0.308 e. The number of benzene rings is 2. The molecule has 3 rings (SSSR count). The van der Waals surface area contributed by atoms with Crippen molar-refractivity contribution in [1.29, 1.82) is 0 Å². The summed E-state index contributed by atoms with van der Waals surface area (Å²) in [6.45, 7) is 3.32. The third-order valence-electron chi connectivity index (χ3n) is 3.90. The number of carbonyl (C=O) groups excluding carboxylic acids is 1. The molecule has 0 bridgehead atoms. The van der Waals surface area contributed by atoms with Crippen molar-refractivity contribution in [2.75, 3.05) is 32.1 Å². The van der Waals surface area contributed by atoms with Crippen LogP contribution in [0.15, 0.2) is 46.2 Å². The van der Waals surface area contributed by atoms with Gasteiger partial charge in [-0.15, -0.1) is 0 Å². The molecule has 0 fully saturated rings. The van der Waals surface area contributed by atoms with Crippen LogP contribution in [0.3, 0.4) is 0 Å². The number of fused-ring (bicyclic) bond motifs is 2. The number of anilines is 2. The summed E-state index contributed by atoms with van der Waals surface area (Å²) in [5, 5.41) is 0.733. The largest absolute Gasteiger partial charge is 0.427 e. The fraction of sp³-hybridized carbons (Fsp3) is 0.316. The number of ether oxygens (including phenoxy) is 1. The Morgan fingerprint density at radius 2 is 1.96 bits per heavy atom. The maximum atomic E-state index is 11.2. The van der Waals surface area contributed by atoms with E-state index in [2.05, 4.69) is 23.9 Å². The van der Waals surface area contributed by atoms with Crippen LogP contribution in [-0.2, 0) is 4.79 Å². The van der Waals surface area contributed by atoms with Gasteiger partial charge in [0.15, 0.2) is 0 Å². The van der Waals surface area contributed by atoms with Gasteiger partial charge in [-0.3, -0.25) is 4.79 Å². The van der Waals surface area contributed by atoms with Crippen LogP contribution in [0.5, 0.6) is 5.75 Å². The Hall–Kier alpha value is -1.69. The Labute approximate surface area is 157 Å². The molecule has 0 atom stereocenters. The van der Waals surface area contributed by atoms with Crippen molar-refractivity contribution < 1.29 is 9.53 Å². The number of esters is 1. The lowest BCUT2D eigenvalue weighted by Crippen LogP contribution is -2.25. The van der Waals surface area contributed by atoms with Crippen molar-refractivity contribution in [2.24, 2.45) is 0 Å². The molecule has 6 heteroatoms. The molecule has 2 aromatic rings. The van der Waals surface area contributed by atoms with Crippen LogP contribution in [0.4, 0.5) is 11.4 Å². The summed E-state index contributed by atoms with van der Waals surface area (Å²) in [5.74, 6) is 0.264. The van der Waals surface area contributed by atoms with E-state index in [9.17, 15) is 4.79 Å². The number of rotatable bonds is 5. The Bertz CT molecular complexity index is 795. The average molecular weight is 377 g/mol. The number of hydrogen-bond donors (Lipinski definition) is 0. The first-order chi connectivity index (χ1) is 11.9. The summed E-state index contributed by atoms with van der Waals surface area (Å²) in [6.07, 6.45) is 1.04. The minimum atomic E-state index is -0.309. The van der Waals surface area contributed by atoms with E-state index in [-0.39, 0.29) is 5.97 Å². The van der Waals surface area contributed by atoms with Crippen LogP contribution < -0.4 is 9.64 Å². The predicted octanol–water partition coefficient (Wildman–Crippen LogP) is 4.82. The second-order valence-electron chi connectivity index (χ2n) is 6.25. The summed E-state index contributed by atoms with van der Waals surface area (Å²) in [5.41, 5.74) is 2.25. The summed E-state index contributed by atoms with van der Waals surface area (Å²) in [7, 11) is 4.16. The third kappa shape index (κ3) is 4.29. The van der Waals surface area contributed by atoms with E-state index < -0.39 is 0 Å². The Balaban J connectivity index is 1.95. The summed E-state index contributed by atoms with van der Waals surface area (Å²) >= 11 is 7.91. The lowest BCUT2D eigenvalue weighted by Gasteiger charge is -2.33. The Kier molecular flexibility index (Phi) is 5.57. The number of carbonyl (C=O) groups is 1. The van der Waals surface area contributed by atoms with Crippen LogP contribution in [0.25, 0.3) is 0 Å². The highest BCUT2D eigenvalue weighted by atomic mass is 35.5. The highest BCUT2D eigenvalue weighted by molar-refractivity contribution is 7.99. The van der Waals surface area contributed by atoms with Gasteiger partial charge in [0, 0.05) is 28.3 Å². The SMILES string of the molecule is CC(=O)Oc1ccc2c(c1)Sc1ccc(Cl)cc1N2CCCN(C)C. The minimum absolute atomic E-state index is 0.309. The normalized spacial score (nSPS) is 12.8. The average Bonchev–Trinajstić information content (AvgIpc) is 2.53. The molecule has 4 nitrogen and oxygen atoms in total. The first kappa shape index (κ1) is 18.1. The quantitative estimate of drug-likeness (QED) is 0.551. The van der Waals surface area contributed by atoms with E-state index in [0.29, 0.717) is 5.75 Å². The van der Waals surface area contributed by atoms with Crippen molar-refractivity contribution in [3.8, 4) is 5.75 Å². The molecule has 0 saturated carbocycles. The van der Waals surface area contributed by atoms with Gasteiger partial charge >= 0.3 is 5.97 Å². The lowest BCUT2D eigenvalue weighted by atomic mass is 10.2. The van der Waals surface area contributed by atoms with Gasteiger partial charge in [-0.25, -0.2) is 0 Å². The summed E-state index contributed by atoms with van der Waals surface area (Å²) in [4.78, 5) is 17.9. The van der Waals surface area contributed by atoms with Crippen molar-refractivity contribution >= 4 is 40.7 Å². The first-order valence-electron chi connectivity index (χ1n) is 8.16. The van der Waals surface area contributed by atoms with E-state index in [0.717, 1.165) is 45.7 Å². The summed E-state index contributed by atoms with van der Waals surface area (Å²) in [6, 6.07) is 11.8. The molecular weight excluding hydrogens is 356 g/mol. The van der Waals surface area contributed by atoms with Crippen LogP contribution in [-0.4, -0.2) is 38.1 Å². The Morgan fingerprint density at radius 1 is 1.16 bits per heavy atom. The highest BCUT2D eigenvalue weighted by Gasteiger charge is 2.24. The molecule has 0 aromatic heterocycles. The van der Waals surface area contributed by atoms with Crippen molar-refractivity contribution in [2.45, 2.75) is 23.1 Å². The Morgan fingerprint density at radius 3 is 2.68 bits per heavy atom. The molecule has 1 aliphatic heterocycles. The van der Waals surface area contributed by atoms with Crippen molar-refractivity contribution in [1.82, 2.24) is 4.90 Å². The van der Waals surface area contributed by atoms with E-state index in [1.165, 1.54) is 6.92 Å². The molecule has 0 N–H and O–H groups in total. The van der Waals surface area contributed by atoms with Gasteiger partial charge in [0.1, 0.15) is 5.75 Å². The van der Waals surface area contributed by atoms with Gasteiger partial charge in [-0.05, 0) is 63.5 Å². The number of halogens is 1. The van der Waals surface area contributed by atoms with Gasteiger partial charge < -0.3 is 14.5 Å². The first-order valence-corrected chi connectivity index (χ1v) is 9.35. The van der Waals surface area contributed by atoms with Crippen molar-refractivity contribution in [3.63, 3.8) is 0 Å². The molecule has 0 spiro atoms. The van der Waals surface area contributed by atoms with E-state index in [1.807, 2.05) is 36.4 Å². The zero-order chi connectivity index (χ0) is 18.0. The molecular formula is C19H21ClN2O2S. The number of hydrogen-bond acceptors (Lipinski definition) is 5. The molecule has 0 radical (unpaired) electrons. The maximum Gasteiger partial charge on any atom is 0.308 e. The van der Waals surface area contributed by atoms with Gasteiger partial charge in [-0.2, -0.15) is 0 Å². The molecule has 1 aliphatic rings. The van der Waals surface area contributed by atoms with E-state index in [4.69, 9.17) is 16.3 Å². The fourth-order valence-corrected chi connectivity index (χ4v) is 4.12. The molecule has 2 aromatic carbocycles. The van der Waals surface area contributed by atoms with Gasteiger partial charge in [0.25, 0.3) is 0 Å². The minimum Gasteiger partial charge on any atom is -0.427 e. The van der Waals surface area contributed by atoms with Gasteiger partial charge in [0.2, 0.25) is 0 Å². The molecule has 0 aliphatic carbocycles. The molecule has 0 saturated heterocycles. The highest BCUT2D eigenvalue weighted by Crippen LogP contribution is 2.49. The standard InChI is InChI=1S/C19H21ClN2O2S/c1-13(23)24-15-6-7-16-19(12-15)25-18-8-5-14(20)11-17(18)22(16)10-4-9-21(2)3/h5-8,11-12H,4,9-10H2,1-3H3. The summed E-state index contributed by atoms with van der Waals surface area (Å²) < 4.78 is 5.24. The maximum absolute atomic E-state index is 11.2. The van der Waals surface area contributed by atoms with Gasteiger partial charge in [0.05, 0.1) is 11.4 Å². The second kappa shape index (κ2) is 7.68. The lowest BCUT2D eigenvalue weighted by molar-refractivity contribution is -0.131. The van der Waals surface area contributed by atoms with Crippen LogP contribution in [0.2, 0.25) is 5.02 Å². The van der Waals surface area contributed by atoms with Crippen LogP contribution >= 0.6 is 23.4 Å². The second-order valence-corrected chi connectivity index (χ2v) is 7.77. The van der Waals surface area contributed by atoms with E-state index >= 15 is 0 Å². The molecule has 0 amide bonds. The van der Waals surface area contributed by atoms with E-state index in [1.54, 1.807) is 11.8 Å². The molecule has 25 heavy (non-hydrogen) atoms. The molecule has 0 unspecified atom stereocenters.